The first kappa shape index (κ1) is 11.7. The lowest BCUT2D eigenvalue weighted by atomic mass is 10.2. The average Bonchev–Trinajstić information content (AvgIpc) is 3.05. The summed E-state index contributed by atoms with van der Waals surface area (Å²) >= 11 is 1.65. The standard InChI is InChI=1S/C10H18N4OS/c1-3-14-9(15)12-13-10(14)16-6-8(11-2)7-4-5-7/h7-8,11H,3-6H2,1-2H3,(H,12,15). The molecule has 1 unspecified atom stereocenters. The Bertz CT molecular complexity index is 396. The van der Waals surface area contributed by atoms with Crippen molar-refractivity contribution in [3.8, 4) is 0 Å². The molecule has 0 radical (unpaired) electrons. The largest absolute Gasteiger partial charge is 0.343 e. The highest BCUT2D eigenvalue weighted by atomic mass is 32.2. The van der Waals surface area contributed by atoms with E-state index >= 15 is 0 Å². The van der Waals surface area contributed by atoms with Gasteiger partial charge in [0.25, 0.3) is 0 Å². The van der Waals surface area contributed by atoms with Gasteiger partial charge < -0.3 is 5.32 Å². The third-order valence-electron chi connectivity index (χ3n) is 2.99. The molecule has 0 bridgehead atoms. The fourth-order valence-corrected chi connectivity index (χ4v) is 3.06. The fraction of sp³-hybridized carbons (Fsp3) is 0.800. The van der Waals surface area contributed by atoms with Crippen LogP contribution in [0.4, 0.5) is 0 Å². The van der Waals surface area contributed by atoms with Crippen molar-refractivity contribution in [2.24, 2.45) is 5.92 Å². The van der Waals surface area contributed by atoms with Gasteiger partial charge in [-0.05, 0) is 32.7 Å². The maximum absolute atomic E-state index is 11.3. The minimum Gasteiger partial charge on any atom is -0.316 e. The van der Waals surface area contributed by atoms with Crippen molar-refractivity contribution in [3.05, 3.63) is 10.5 Å². The van der Waals surface area contributed by atoms with Crippen molar-refractivity contribution >= 4 is 11.8 Å². The second-order valence-corrected chi connectivity index (χ2v) is 5.09. The third kappa shape index (κ3) is 2.49. The molecule has 0 spiro atoms. The van der Waals surface area contributed by atoms with Crippen LogP contribution in [0.2, 0.25) is 0 Å². The van der Waals surface area contributed by atoms with Gasteiger partial charge in [-0.1, -0.05) is 11.8 Å². The van der Waals surface area contributed by atoms with Gasteiger partial charge in [0.15, 0.2) is 5.16 Å². The number of H-pyrrole nitrogens is 1. The lowest BCUT2D eigenvalue weighted by Gasteiger charge is -2.13. The van der Waals surface area contributed by atoms with Crippen LogP contribution >= 0.6 is 11.8 Å². The van der Waals surface area contributed by atoms with Gasteiger partial charge in [0, 0.05) is 18.3 Å². The van der Waals surface area contributed by atoms with Gasteiger partial charge in [-0.2, -0.15) is 0 Å². The van der Waals surface area contributed by atoms with E-state index in [1.807, 2.05) is 14.0 Å². The molecule has 2 rings (SSSR count). The van der Waals surface area contributed by atoms with Gasteiger partial charge in [-0.15, -0.1) is 5.10 Å². The fourth-order valence-electron chi connectivity index (χ4n) is 1.81. The van der Waals surface area contributed by atoms with Crippen LogP contribution in [-0.2, 0) is 6.54 Å². The van der Waals surface area contributed by atoms with Gasteiger partial charge >= 0.3 is 5.69 Å². The van der Waals surface area contributed by atoms with Crippen LogP contribution in [0.3, 0.4) is 0 Å². The number of hydrogen-bond donors (Lipinski definition) is 2. The van der Waals surface area contributed by atoms with E-state index in [-0.39, 0.29) is 5.69 Å². The van der Waals surface area contributed by atoms with Crippen LogP contribution in [0.25, 0.3) is 0 Å². The monoisotopic (exact) mass is 242 g/mol. The predicted molar refractivity (Wildman–Crippen MR) is 64.8 cm³/mol. The third-order valence-corrected chi connectivity index (χ3v) is 4.09. The van der Waals surface area contributed by atoms with E-state index in [0.29, 0.717) is 12.6 Å². The molecule has 1 saturated carbocycles. The van der Waals surface area contributed by atoms with E-state index < -0.39 is 0 Å². The van der Waals surface area contributed by atoms with E-state index in [1.54, 1.807) is 16.3 Å². The minimum atomic E-state index is -0.113. The highest BCUT2D eigenvalue weighted by Gasteiger charge is 2.30. The first-order valence-corrected chi connectivity index (χ1v) is 6.70. The molecule has 1 heterocycles. The molecule has 0 aromatic carbocycles. The number of thioether (sulfide) groups is 1. The SMILES string of the molecule is CCn1c(SCC(NC)C2CC2)n[nH]c1=O. The number of rotatable bonds is 6. The summed E-state index contributed by atoms with van der Waals surface area (Å²) in [5, 5.41) is 10.7. The summed E-state index contributed by atoms with van der Waals surface area (Å²) in [5.74, 6) is 1.80. The molecule has 1 aromatic rings. The molecule has 1 atom stereocenters. The van der Waals surface area contributed by atoms with Crippen molar-refractivity contribution in [2.75, 3.05) is 12.8 Å². The van der Waals surface area contributed by atoms with E-state index in [2.05, 4.69) is 15.5 Å². The molecule has 5 nitrogen and oxygen atoms in total. The Hall–Kier alpha value is -0.750. The quantitative estimate of drug-likeness (QED) is 0.720. The minimum absolute atomic E-state index is 0.113. The average molecular weight is 242 g/mol. The smallest absolute Gasteiger partial charge is 0.316 e. The van der Waals surface area contributed by atoms with Crippen LogP contribution in [-0.4, -0.2) is 33.6 Å². The van der Waals surface area contributed by atoms with E-state index in [4.69, 9.17) is 0 Å². The number of nitrogens with one attached hydrogen (secondary N) is 2. The molecule has 1 aliphatic rings. The molecule has 90 valence electrons. The summed E-state index contributed by atoms with van der Waals surface area (Å²) in [6.45, 7) is 2.63. The molecule has 0 amide bonds. The summed E-state index contributed by atoms with van der Waals surface area (Å²) < 4.78 is 1.67. The summed E-state index contributed by atoms with van der Waals surface area (Å²) in [6.07, 6.45) is 2.65. The molecule has 0 saturated heterocycles. The highest BCUT2D eigenvalue weighted by molar-refractivity contribution is 7.99. The molecule has 1 aromatic heterocycles. The molecule has 6 heteroatoms. The van der Waals surface area contributed by atoms with Gasteiger partial charge in [0.1, 0.15) is 0 Å². The Labute approximate surface area is 99.0 Å². The number of hydrogen-bond acceptors (Lipinski definition) is 4. The zero-order valence-electron chi connectivity index (χ0n) is 9.69. The van der Waals surface area contributed by atoms with E-state index in [0.717, 1.165) is 16.8 Å². The Morgan fingerprint density at radius 3 is 3.00 bits per heavy atom. The molecular weight excluding hydrogens is 224 g/mol. The van der Waals surface area contributed by atoms with Crippen LogP contribution in [0.15, 0.2) is 9.95 Å². The van der Waals surface area contributed by atoms with Crippen LogP contribution < -0.4 is 11.0 Å². The van der Waals surface area contributed by atoms with Gasteiger partial charge in [-0.3, -0.25) is 4.57 Å². The van der Waals surface area contributed by atoms with Crippen molar-refractivity contribution < 1.29 is 0 Å². The molecular formula is C10H18N4OS. The molecule has 0 aliphatic heterocycles. The summed E-state index contributed by atoms with van der Waals surface area (Å²) in [6, 6.07) is 0.544. The number of aromatic amines is 1. The predicted octanol–water partition coefficient (Wildman–Crippen LogP) is 0.681. The number of nitrogens with zero attached hydrogens (tertiary/aromatic N) is 2. The summed E-state index contributed by atoms with van der Waals surface area (Å²) in [5.41, 5.74) is -0.113. The summed E-state index contributed by atoms with van der Waals surface area (Å²) in [4.78, 5) is 11.3. The van der Waals surface area contributed by atoms with E-state index in [1.165, 1.54) is 12.8 Å². The zero-order valence-corrected chi connectivity index (χ0v) is 10.5. The van der Waals surface area contributed by atoms with Crippen LogP contribution in [0.5, 0.6) is 0 Å². The van der Waals surface area contributed by atoms with Crippen LogP contribution in [0, 0.1) is 5.92 Å². The van der Waals surface area contributed by atoms with Gasteiger partial charge in [0.05, 0.1) is 0 Å². The Morgan fingerprint density at radius 1 is 1.69 bits per heavy atom. The molecule has 16 heavy (non-hydrogen) atoms. The first-order chi connectivity index (χ1) is 7.76. The van der Waals surface area contributed by atoms with Crippen molar-refractivity contribution in [1.82, 2.24) is 20.1 Å². The molecule has 1 fully saturated rings. The molecule has 2 N–H and O–H groups in total. The van der Waals surface area contributed by atoms with E-state index in [9.17, 15) is 4.79 Å². The lowest BCUT2D eigenvalue weighted by Crippen LogP contribution is -2.30. The topological polar surface area (TPSA) is 62.7 Å². The maximum atomic E-state index is 11.3. The number of aromatic nitrogens is 3. The van der Waals surface area contributed by atoms with Crippen molar-refractivity contribution in [2.45, 2.75) is 37.5 Å². The maximum Gasteiger partial charge on any atom is 0.343 e. The second-order valence-electron chi connectivity index (χ2n) is 4.10. The van der Waals surface area contributed by atoms with Crippen LogP contribution in [0.1, 0.15) is 19.8 Å². The van der Waals surface area contributed by atoms with Crippen molar-refractivity contribution in [1.29, 1.82) is 0 Å². The van der Waals surface area contributed by atoms with Gasteiger partial charge in [-0.25, -0.2) is 9.89 Å². The van der Waals surface area contributed by atoms with Gasteiger partial charge in [0.2, 0.25) is 0 Å². The zero-order chi connectivity index (χ0) is 11.5. The Kier molecular flexibility index (Phi) is 3.70. The first-order valence-electron chi connectivity index (χ1n) is 5.71. The van der Waals surface area contributed by atoms with Crippen molar-refractivity contribution in [3.63, 3.8) is 0 Å². The Balaban J connectivity index is 1.95. The lowest BCUT2D eigenvalue weighted by molar-refractivity contribution is 0.552. The second kappa shape index (κ2) is 5.05. The normalized spacial score (nSPS) is 17.6. The highest BCUT2D eigenvalue weighted by Crippen LogP contribution is 2.34. The Morgan fingerprint density at radius 2 is 2.44 bits per heavy atom. The molecule has 1 aliphatic carbocycles. The summed E-state index contributed by atoms with van der Waals surface area (Å²) in [7, 11) is 2.00.